The molecule has 0 bridgehead atoms. The van der Waals surface area contributed by atoms with Crippen LogP contribution in [0.1, 0.15) is 78.2 Å². The molecule has 1 aliphatic heterocycles. The monoisotopic (exact) mass is 302 g/mol. The Morgan fingerprint density at radius 1 is 1.00 bits per heavy atom. The van der Waals surface area contributed by atoms with E-state index in [1.165, 1.54) is 11.1 Å². The van der Waals surface area contributed by atoms with Crippen molar-refractivity contribution >= 4 is 0 Å². The minimum absolute atomic E-state index is 0.0873. The molecule has 0 amide bonds. The second kappa shape index (κ2) is 7.21. The Labute approximate surface area is 135 Å². The van der Waals surface area contributed by atoms with Crippen LogP contribution >= 0.6 is 0 Å². The van der Waals surface area contributed by atoms with E-state index in [4.69, 9.17) is 4.74 Å². The van der Waals surface area contributed by atoms with Crippen LogP contribution in [0.25, 0.3) is 0 Å². The third kappa shape index (κ3) is 2.88. The van der Waals surface area contributed by atoms with E-state index in [-0.39, 0.29) is 11.2 Å². The van der Waals surface area contributed by atoms with Crippen LogP contribution in [0, 0.1) is 0 Å². The first kappa shape index (κ1) is 16.9. The van der Waals surface area contributed by atoms with E-state index in [1.54, 1.807) is 12.1 Å². The van der Waals surface area contributed by atoms with Crippen LogP contribution in [0.5, 0.6) is 11.5 Å². The molecule has 1 heterocycles. The van der Waals surface area contributed by atoms with E-state index in [9.17, 15) is 5.11 Å². The maximum absolute atomic E-state index is 9.86. The van der Waals surface area contributed by atoms with Crippen LogP contribution in [0.4, 0.5) is 0 Å². The highest BCUT2D eigenvalue weighted by atomic mass is 16.5. The molecule has 1 aliphatic rings. The van der Waals surface area contributed by atoms with Gasteiger partial charge in [-0.2, -0.15) is 0 Å². The van der Waals surface area contributed by atoms with Crippen LogP contribution in [-0.4, -0.2) is 5.11 Å². The molecular formula is C20H30O2. The molecule has 0 spiro atoms. The number of phenolic OH excluding ortho intramolecular Hbond substituents is 1. The first-order valence-corrected chi connectivity index (χ1v) is 8.86. The fourth-order valence-corrected chi connectivity index (χ4v) is 4.13. The number of benzene rings is 1. The lowest BCUT2D eigenvalue weighted by molar-refractivity contribution is 0.300. The molecule has 0 aliphatic carbocycles. The van der Waals surface area contributed by atoms with Gasteiger partial charge >= 0.3 is 0 Å². The molecule has 1 aromatic carbocycles. The molecule has 2 rings (SSSR count). The molecule has 0 unspecified atom stereocenters. The first-order valence-electron chi connectivity index (χ1n) is 8.86. The molecule has 2 heteroatoms. The number of ether oxygens (including phenoxy) is 1. The number of rotatable bonds is 7. The number of aromatic hydroxyl groups is 1. The molecule has 2 nitrogen and oxygen atoms in total. The number of hydrogen-bond acceptors (Lipinski definition) is 2. The summed E-state index contributed by atoms with van der Waals surface area (Å²) >= 11 is 0. The maximum atomic E-state index is 9.86. The van der Waals surface area contributed by atoms with Crippen molar-refractivity contribution in [1.82, 2.24) is 0 Å². The third-order valence-corrected chi connectivity index (χ3v) is 4.81. The van der Waals surface area contributed by atoms with Crippen molar-refractivity contribution in [3.63, 3.8) is 0 Å². The summed E-state index contributed by atoms with van der Waals surface area (Å²) in [6, 6.07) is 5.67. The SMILES string of the molecule is CCCC1=C(CC)C(CCC)(CCC)c2ccc(O)cc2O1. The second-order valence-corrected chi connectivity index (χ2v) is 6.37. The van der Waals surface area contributed by atoms with E-state index >= 15 is 0 Å². The summed E-state index contributed by atoms with van der Waals surface area (Å²) in [5.74, 6) is 2.30. The van der Waals surface area contributed by atoms with E-state index in [1.807, 2.05) is 0 Å². The van der Waals surface area contributed by atoms with Gasteiger partial charge < -0.3 is 9.84 Å². The van der Waals surface area contributed by atoms with Gasteiger partial charge in [-0.1, -0.05) is 46.6 Å². The fourth-order valence-electron chi connectivity index (χ4n) is 4.13. The van der Waals surface area contributed by atoms with Gasteiger partial charge in [0.1, 0.15) is 17.3 Å². The summed E-state index contributed by atoms with van der Waals surface area (Å²) in [6.45, 7) is 8.97. The Morgan fingerprint density at radius 3 is 2.23 bits per heavy atom. The summed E-state index contributed by atoms with van der Waals surface area (Å²) in [4.78, 5) is 0. The Balaban J connectivity index is 2.66. The van der Waals surface area contributed by atoms with Gasteiger partial charge in [-0.05, 0) is 37.3 Å². The van der Waals surface area contributed by atoms with Crippen LogP contribution in [0.3, 0.4) is 0 Å². The largest absolute Gasteiger partial charge is 0.508 e. The van der Waals surface area contributed by atoms with Gasteiger partial charge in [-0.15, -0.1) is 0 Å². The average Bonchev–Trinajstić information content (AvgIpc) is 2.48. The number of phenols is 1. The molecular weight excluding hydrogens is 272 g/mol. The molecule has 122 valence electrons. The highest BCUT2D eigenvalue weighted by molar-refractivity contribution is 5.53. The predicted molar refractivity (Wildman–Crippen MR) is 92.5 cm³/mol. The van der Waals surface area contributed by atoms with Gasteiger partial charge in [0, 0.05) is 23.5 Å². The van der Waals surface area contributed by atoms with Crippen LogP contribution in [0.2, 0.25) is 0 Å². The van der Waals surface area contributed by atoms with E-state index in [0.29, 0.717) is 0 Å². The fraction of sp³-hybridized carbons (Fsp3) is 0.600. The Hall–Kier alpha value is -1.44. The summed E-state index contributed by atoms with van der Waals surface area (Å²) < 4.78 is 6.22. The van der Waals surface area contributed by atoms with Crippen molar-refractivity contribution in [2.24, 2.45) is 0 Å². The topological polar surface area (TPSA) is 29.5 Å². The Morgan fingerprint density at radius 2 is 1.68 bits per heavy atom. The molecule has 0 fully saturated rings. The minimum atomic E-state index is 0.0873. The Kier molecular flexibility index (Phi) is 5.55. The zero-order valence-electron chi connectivity index (χ0n) is 14.5. The van der Waals surface area contributed by atoms with Gasteiger partial charge in [0.2, 0.25) is 0 Å². The average molecular weight is 302 g/mol. The lowest BCUT2D eigenvalue weighted by Crippen LogP contribution is -2.34. The summed E-state index contributed by atoms with van der Waals surface area (Å²) in [5.41, 5.74) is 2.84. The number of fused-ring (bicyclic) bond motifs is 1. The second-order valence-electron chi connectivity index (χ2n) is 6.37. The molecule has 0 atom stereocenters. The van der Waals surface area contributed by atoms with Gasteiger partial charge in [-0.3, -0.25) is 0 Å². The van der Waals surface area contributed by atoms with Crippen LogP contribution in [-0.2, 0) is 5.41 Å². The third-order valence-electron chi connectivity index (χ3n) is 4.81. The lowest BCUT2D eigenvalue weighted by Gasteiger charge is -2.42. The van der Waals surface area contributed by atoms with Gasteiger partial charge in [0.05, 0.1) is 0 Å². The zero-order chi connectivity index (χ0) is 16.2. The lowest BCUT2D eigenvalue weighted by atomic mass is 9.65. The molecule has 0 saturated carbocycles. The van der Waals surface area contributed by atoms with Gasteiger partial charge in [-0.25, -0.2) is 0 Å². The molecule has 0 aromatic heterocycles. The molecule has 0 radical (unpaired) electrons. The van der Waals surface area contributed by atoms with Crippen molar-refractivity contribution in [3.05, 3.63) is 35.1 Å². The summed E-state index contributed by atoms with van der Waals surface area (Å²) in [7, 11) is 0. The summed E-state index contributed by atoms with van der Waals surface area (Å²) in [5, 5.41) is 9.86. The number of hydrogen-bond donors (Lipinski definition) is 1. The smallest absolute Gasteiger partial charge is 0.134 e. The number of allylic oxidation sites excluding steroid dienone is 2. The predicted octanol–water partition coefficient (Wildman–Crippen LogP) is 6.09. The molecule has 1 aromatic rings. The Bertz CT molecular complexity index is 537. The molecule has 22 heavy (non-hydrogen) atoms. The van der Waals surface area contributed by atoms with E-state index in [0.717, 1.165) is 56.5 Å². The van der Waals surface area contributed by atoms with Crippen molar-refractivity contribution in [3.8, 4) is 11.5 Å². The quantitative estimate of drug-likeness (QED) is 0.660. The van der Waals surface area contributed by atoms with E-state index < -0.39 is 0 Å². The summed E-state index contributed by atoms with van der Waals surface area (Å²) in [6.07, 6.45) is 7.72. The normalized spacial score (nSPS) is 16.4. The first-order chi connectivity index (χ1) is 10.6. The maximum Gasteiger partial charge on any atom is 0.134 e. The highest BCUT2D eigenvalue weighted by Gasteiger charge is 2.41. The standard InChI is InChI=1S/C20H30O2/c1-5-9-18-16(8-4)20(12-6-2,13-7-3)17-11-10-15(21)14-19(17)22-18/h10-11,14,21H,5-9,12-13H2,1-4H3. The van der Waals surface area contributed by atoms with Gasteiger partial charge in [0.25, 0.3) is 0 Å². The van der Waals surface area contributed by atoms with Crippen molar-refractivity contribution < 1.29 is 9.84 Å². The van der Waals surface area contributed by atoms with Crippen molar-refractivity contribution in [1.29, 1.82) is 0 Å². The van der Waals surface area contributed by atoms with Crippen molar-refractivity contribution in [2.45, 2.75) is 78.1 Å². The highest BCUT2D eigenvalue weighted by Crippen LogP contribution is 2.52. The minimum Gasteiger partial charge on any atom is -0.508 e. The van der Waals surface area contributed by atoms with Gasteiger partial charge in [0.15, 0.2) is 0 Å². The van der Waals surface area contributed by atoms with Crippen molar-refractivity contribution in [2.75, 3.05) is 0 Å². The molecule has 1 N–H and O–H groups in total. The van der Waals surface area contributed by atoms with E-state index in [2.05, 4.69) is 33.8 Å². The zero-order valence-corrected chi connectivity index (χ0v) is 14.5. The van der Waals surface area contributed by atoms with Crippen LogP contribution in [0.15, 0.2) is 29.5 Å². The van der Waals surface area contributed by atoms with Crippen LogP contribution < -0.4 is 4.74 Å². The molecule has 0 saturated heterocycles.